The number of esters is 1. The number of hydrogen-bond acceptors (Lipinski definition) is 3. The fourth-order valence-electron chi connectivity index (χ4n) is 2.65. The maximum absolute atomic E-state index is 12.9. The molecule has 0 N–H and O–H groups in total. The Morgan fingerprint density at radius 1 is 1.04 bits per heavy atom. The Morgan fingerprint density at radius 3 is 2.26 bits per heavy atom. The van der Waals surface area contributed by atoms with Gasteiger partial charge in [-0.15, -0.1) is 0 Å². The van der Waals surface area contributed by atoms with Gasteiger partial charge < -0.3 is 4.74 Å². The third-order valence-corrected chi connectivity index (χ3v) is 4.87. The second-order valence-corrected chi connectivity index (χ2v) is 6.91. The number of carbonyl (C=O) groups is 1. The molecule has 8 heteroatoms. The van der Waals surface area contributed by atoms with Gasteiger partial charge in [0, 0.05) is 26.8 Å². The summed E-state index contributed by atoms with van der Waals surface area (Å²) < 4.78 is 7.93. The van der Waals surface area contributed by atoms with Crippen molar-refractivity contribution in [2.45, 2.75) is 13.5 Å². The Hall–Kier alpha value is -2.21. The van der Waals surface area contributed by atoms with Crippen LogP contribution in [-0.4, -0.2) is 21.9 Å². The molecule has 0 spiro atoms. The molecule has 0 amide bonds. The summed E-state index contributed by atoms with van der Waals surface area (Å²) in [5, 5.41) is 1.46. The lowest BCUT2D eigenvalue weighted by atomic mass is 10.2. The molecule has 2 aromatic carbocycles. The minimum atomic E-state index is -0.686. The number of carbonyl (C=O) groups excluding carboxylic acids is 1. The quantitative estimate of drug-likeness (QED) is 0.551. The van der Waals surface area contributed by atoms with Crippen molar-refractivity contribution in [3.05, 3.63) is 85.2 Å². The van der Waals surface area contributed by atoms with Crippen molar-refractivity contribution in [3.8, 4) is 5.69 Å². The van der Waals surface area contributed by atoms with Crippen molar-refractivity contribution in [2.75, 3.05) is 6.61 Å². The van der Waals surface area contributed by atoms with Crippen molar-refractivity contribution >= 4 is 40.8 Å². The smallest absolute Gasteiger partial charge is 0.345 e. The minimum Gasteiger partial charge on any atom is -0.462 e. The molecule has 1 heterocycles. The van der Waals surface area contributed by atoms with Crippen molar-refractivity contribution in [1.29, 1.82) is 0 Å². The van der Waals surface area contributed by atoms with Gasteiger partial charge in [0.05, 0.1) is 18.8 Å². The van der Waals surface area contributed by atoms with Crippen LogP contribution in [0.3, 0.4) is 0 Å². The van der Waals surface area contributed by atoms with E-state index in [-0.39, 0.29) is 18.7 Å². The van der Waals surface area contributed by atoms with Crippen molar-refractivity contribution in [1.82, 2.24) is 9.36 Å². The molecular formula is C19H15Cl3N2O3. The van der Waals surface area contributed by atoms with E-state index < -0.39 is 11.5 Å². The van der Waals surface area contributed by atoms with Crippen LogP contribution in [-0.2, 0) is 11.3 Å². The van der Waals surface area contributed by atoms with Gasteiger partial charge in [0.15, 0.2) is 0 Å². The Kier molecular flexibility index (Phi) is 5.95. The standard InChI is InChI=1S/C19H15Cl3N2O3/c1-2-27-19(26)15-11-23(10-14-16(21)4-3-5-17(14)22)24(18(15)25)13-8-6-12(20)7-9-13/h3-9,11H,2,10H2,1H3. The topological polar surface area (TPSA) is 53.2 Å². The SMILES string of the molecule is CCOC(=O)c1cn(Cc2c(Cl)cccc2Cl)n(-c2ccc(Cl)cc2)c1=O. The molecule has 3 aromatic rings. The lowest BCUT2D eigenvalue weighted by Crippen LogP contribution is -2.24. The lowest BCUT2D eigenvalue weighted by Gasteiger charge is -2.13. The monoisotopic (exact) mass is 424 g/mol. The van der Waals surface area contributed by atoms with E-state index in [2.05, 4.69) is 0 Å². The zero-order chi connectivity index (χ0) is 19.6. The molecule has 3 rings (SSSR count). The summed E-state index contributed by atoms with van der Waals surface area (Å²) >= 11 is 18.5. The molecule has 1 aromatic heterocycles. The van der Waals surface area contributed by atoms with Gasteiger partial charge in [0.1, 0.15) is 5.56 Å². The van der Waals surface area contributed by atoms with Crippen LogP contribution in [0, 0.1) is 0 Å². The van der Waals surface area contributed by atoms with E-state index in [0.717, 1.165) is 0 Å². The first-order chi connectivity index (χ1) is 12.9. The highest BCUT2D eigenvalue weighted by Crippen LogP contribution is 2.25. The number of aromatic nitrogens is 2. The second kappa shape index (κ2) is 8.21. The fraction of sp³-hybridized carbons (Fsp3) is 0.158. The molecule has 0 unspecified atom stereocenters. The van der Waals surface area contributed by atoms with Crippen LogP contribution >= 0.6 is 34.8 Å². The van der Waals surface area contributed by atoms with Crippen LogP contribution in [0.2, 0.25) is 15.1 Å². The van der Waals surface area contributed by atoms with Crippen LogP contribution in [0.25, 0.3) is 5.69 Å². The summed E-state index contributed by atoms with van der Waals surface area (Å²) in [7, 11) is 0. The van der Waals surface area contributed by atoms with Crippen LogP contribution in [0.4, 0.5) is 0 Å². The van der Waals surface area contributed by atoms with Crippen molar-refractivity contribution in [2.24, 2.45) is 0 Å². The van der Waals surface area contributed by atoms with Gasteiger partial charge in [-0.1, -0.05) is 40.9 Å². The summed E-state index contributed by atoms with van der Waals surface area (Å²) in [6.07, 6.45) is 1.44. The van der Waals surface area contributed by atoms with Crippen molar-refractivity contribution < 1.29 is 9.53 Å². The highest BCUT2D eigenvalue weighted by Gasteiger charge is 2.21. The van der Waals surface area contributed by atoms with Crippen LogP contribution in [0.15, 0.2) is 53.5 Å². The zero-order valence-corrected chi connectivity index (χ0v) is 16.6. The Labute approximate surface area is 170 Å². The van der Waals surface area contributed by atoms with E-state index in [9.17, 15) is 9.59 Å². The number of hydrogen-bond donors (Lipinski definition) is 0. The summed E-state index contributed by atoms with van der Waals surface area (Å²) in [5.74, 6) is -0.686. The third-order valence-electron chi connectivity index (χ3n) is 3.91. The number of halogens is 3. The molecule has 27 heavy (non-hydrogen) atoms. The number of ether oxygens (including phenoxy) is 1. The molecule has 0 aliphatic carbocycles. The predicted octanol–water partition coefficient (Wildman–Crippen LogP) is 4.82. The van der Waals surface area contributed by atoms with E-state index in [1.807, 2.05) is 0 Å². The van der Waals surface area contributed by atoms with Gasteiger partial charge in [-0.25, -0.2) is 9.48 Å². The largest absolute Gasteiger partial charge is 0.462 e. The predicted molar refractivity (Wildman–Crippen MR) is 107 cm³/mol. The molecule has 0 bridgehead atoms. The molecule has 0 saturated heterocycles. The molecular weight excluding hydrogens is 411 g/mol. The Morgan fingerprint density at radius 2 is 1.67 bits per heavy atom. The van der Waals surface area contributed by atoms with Crippen LogP contribution in [0.5, 0.6) is 0 Å². The first kappa shape index (κ1) is 19.5. The van der Waals surface area contributed by atoms with Gasteiger partial charge in [0.25, 0.3) is 5.56 Å². The summed E-state index contributed by atoms with van der Waals surface area (Å²) in [6.45, 7) is 2.03. The first-order valence-electron chi connectivity index (χ1n) is 8.10. The number of nitrogens with zero attached hydrogens (tertiary/aromatic N) is 2. The Bertz CT molecular complexity index is 1020. The minimum absolute atomic E-state index is 0.0741. The number of benzene rings is 2. The summed E-state index contributed by atoms with van der Waals surface area (Å²) in [5.41, 5.74) is 0.603. The highest BCUT2D eigenvalue weighted by molar-refractivity contribution is 6.36. The summed E-state index contributed by atoms with van der Waals surface area (Å²) in [6, 6.07) is 11.8. The van der Waals surface area contributed by atoms with Crippen LogP contribution in [0.1, 0.15) is 22.8 Å². The van der Waals surface area contributed by atoms with Crippen LogP contribution < -0.4 is 5.56 Å². The molecule has 0 fully saturated rings. The highest BCUT2D eigenvalue weighted by atomic mass is 35.5. The van der Waals surface area contributed by atoms with Gasteiger partial charge in [0.2, 0.25) is 0 Å². The van der Waals surface area contributed by atoms with E-state index >= 15 is 0 Å². The molecule has 5 nitrogen and oxygen atoms in total. The van der Waals surface area contributed by atoms with E-state index in [4.69, 9.17) is 39.5 Å². The van der Waals surface area contributed by atoms with Gasteiger partial charge in [-0.05, 0) is 43.3 Å². The van der Waals surface area contributed by atoms with Gasteiger partial charge in [-0.3, -0.25) is 9.48 Å². The summed E-state index contributed by atoms with van der Waals surface area (Å²) in [4.78, 5) is 25.1. The second-order valence-electron chi connectivity index (χ2n) is 5.65. The molecule has 0 radical (unpaired) electrons. The maximum Gasteiger partial charge on any atom is 0.345 e. The Balaban J connectivity index is 2.16. The molecule has 0 aliphatic rings. The van der Waals surface area contributed by atoms with E-state index in [1.165, 1.54) is 10.9 Å². The first-order valence-corrected chi connectivity index (χ1v) is 9.24. The maximum atomic E-state index is 12.9. The number of rotatable bonds is 5. The molecule has 0 atom stereocenters. The molecule has 0 aliphatic heterocycles. The lowest BCUT2D eigenvalue weighted by molar-refractivity contribution is 0.0524. The van der Waals surface area contributed by atoms with Gasteiger partial charge in [-0.2, -0.15) is 0 Å². The average Bonchev–Trinajstić information content (AvgIpc) is 2.96. The molecule has 0 saturated carbocycles. The average molecular weight is 426 g/mol. The zero-order valence-electron chi connectivity index (χ0n) is 14.3. The van der Waals surface area contributed by atoms with E-state index in [0.29, 0.717) is 26.3 Å². The van der Waals surface area contributed by atoms with Gasteiger partial charge >= 0.3 is 5.97 Å². The normalized spacial score (nSPS) is 10.8. The molecule has 140 valence electrons. The fourth-order valence-corrected chi connectivity index (χ4v) is 3.29. The van der Waals surface area contributed by atoms with E-state index in [1.54, 1.807) is 54.1 Å². The van der Waals surface area contributed by atoms with Crippen molar-refractivity contribution in [3.63, 3.8) is 0 Å². The third kappa shape index (κ3) is 4.05.